The number of nitrogens with one attached hydrogen (secondary N) is 1. The van der Waals surface area contributed by atoms with Gasteiger partial charge < -0.3 is 15.5 Å². The Balaban J connectivity index is 1.54. The predicted octanol–water partition coefficient (Wildman–Crippen LogP) is 2.81. The highest BCUT2D eigenvalue weighted by Crippen LogP contribution is 2.30. The minimum atomic E-state index is -0.842. The second-order valence-electron chi connectivity index (χ2n) is 6.72. The van der Waals surface area contributed by atoms with Crippen LogP contribution in [0.5, 0.6) is 0 Å². The van der Waals surface area contributed by atoms with Crippen LogP contribution in [0.25, 0.3) is 11.0 Å². The van der Waals surface area contributed by atoms with E-state index in [1.54, 1.807) is 18.4 Å². The molecule has 0 saturated carbocycles. The molecule has 3 aromatic rings. The monoisotopic (exact) mass is 348 g/mol. The number of hydrogen-bond acceptors (Lipinski definition) is 3. The van der Waals surface area contributed by atoms with E-state index in [4.69, 9.17) is 10.2 Å². The molecule has 4 rings (SSSR count). The molecule has 26 heavy (non-hydrogen) atoms. The van der Waals surface area contributed by atoms with Gasteiger partial charge in [0.1, 0.15) is 11.6 Å². The molecule has 0 bridgehead atoms. The van der Waals surface area contributed by atoms with Crippen molar-refractivity contribution in [3.8, 4) is 0 Å². The fourth-order valence-electron chi connectivity index (χ4n) is 3.63. The highest BCUT2D eigenvalue weighted by Gasteiger charge is 2.21. The lowest BCUT2D eigenvalue weighted by molar-refractivity contribution is -0.127. The molecule has 2 aromatic carbocycles. The van der Waals surface area contributed by atoms with Gasteiger partial charge >= 0.3 is 0 Å². The molecular formula is C21H20N2O3. The largest absolute Gasteiger partial charge is 0.464 e. The maximum atomic E-state index is 12.5. The fourth-order valence-corrected chi connectivity index (χ4v) is 3.63. The van der Waals surface area contributed by atoms with Gasteiger partial charge in [-0.1, -0.05) is 30.3 Å². The first-order chi connectivity index (χ1) is 12.6. The minimum Gasteiger partial charge on any atom is -0.464 e. The van der Waals surface area contributed by atoms with Crippen LogP contribution in [0.2, 0.25) is 0 Å². The summed E-state index contributed by atoms with van der Waals surface area (Å²) in [7, 11) is 0. The van der Waals surface area contributed by atoms with Crippen molar-refractivity contribution in [2.75, 3.05) is 0 Å². The van der Waals surface area contributed by atoms with Gasteiger partial charge in [-0.3, -0.25) is 9.59 Å². The zero-order valence-corrected chi connectivity index (χ0v) is 14.3. The Morgan fingerprint density at radius 1 is 1.12 bits per heavy atom. The van der Waals surface area contributed by atoms with E-state index in [1.807, 2.05) is 18.2 Å². The van der Waals surface area contributed by atoms with Gasteiger partial charge in [0.15, 0.2) is 0 Å². The van der Waals surface area contributed by atoms with Crippen LogP contribution in [0.4, 0.5) is 0 Å². The van der Waals surface area contributed by atoms with Gasteiger partial charge in [-0.05, 0) is 48.1 Å². The summed E-state index contributed by atoms with van der Waals surface area (Å²) in [5, 5.41) is 3.70. The van der Waals surface area contributed by atoms with Crippen LogP contribution in [-0.4, -0.2) is 11.8 Å². The Labute approximate surface area is 151 Å². The van der Waals surface area contributed by atoms with Gasteiger partial charge in [-0.15, -0.1) is 0 Å². The zero-order valence-electron chi connectivity index (χ0n) is 14.3. The van der Waals surface area contributed by atoms with Crippen molar-refractivity contribution in [2.24, 2.45) is 5.73 Å². The molecule has 0 spiro atoms. The average molecular weight is 348 g/mol. The first kappa shape index (κ1) is 16.4. The molecule has 1 atom stereocenters. The predicted molar refractivity (Wildman–Crippen MR) is 98.5 cm³/mol. The molecule has 0 fully saturated rings. The quantitative estimate of drug-likeness (QED) is 0.743. The number of aryl methyl sites for hydroxylation is 2. The van der Waals surface area contributed by atoms with Crippen molar-refractivity contribution < 1.29 is 14.0 Å². The molecule has 0 aliphatic heterocycles. The summed E-state index contributed by atoms with van der Waals surface area (Å²) in [5.74, 6) is -0.847. The molecule has 132 valence electrons. The number of hydrogen-bond donors (Lipinski definition) is 2. The third kappa shape index (κ3) is 3.08. The Kier molecular flexibility index (Phi) is 4.21. The van der Waals surface area contributed by atoms with Crippen LogP contribution in [0.3, 0.4) is 0 Å². The molecule has 1 aliphatic carbocycles. The highest BCUT2D eigenvalue weighted by molar-refractivity contribution is 5.91. The number of benzene rings is 2. The molecule has 1 unspecified atom stereocenters. The van der Waals surface area contributed by atoms with Gasteiger partial charge in [0.25, 0.3) is 0 Å². The van der Waals surface area contributed by atoms with Crippen LogP contribution in [0.1, 0.15) is 34.7 Å². The summed E-state index contributed by atoms with van der Waals surface area (Å²) in [6.45, 7) is 0. The summed E-state index contributed by atoms with van der Waals surface area (Å²) < 4.78 is 5.64. The molecule has 1 aliphatic rings. The number of primary amides is 1. The maximum Gasteiger partial charge on any atom is 0.244 e. The van der Waals surface area contributed by atoms with E-state index >= 15 is 0 Å². The van der Waals surface area contributed by atoms with Crippen LogP contribution < -0.4 is 11.1 Å². The third-order valence-corrected chi connectivity index (χ3v) is 4.94. The van der Waals surface area contributed by atoms with Crippen molar-refractivity contribution in [1.29, 1.82) is 0 Å². The molecular weight excluding hydrogens is 328 g/mol. The molecule has 1 heterocycles. The molecule has 0 saturated heterocycles. The Hall–Kier alpha value is -3.08. The fraction of sp³-hybridized carbons (Fsp3) is 0.238. The van der Waals surface area contributed by atoms with Crippen LogP contribution in [0.15, 0.2) is 53.1 Å². The highest BCUT2D eigenvalue weighted by atomic mass is 16.3. The Morgan fingerprint density at radius 2 is 1.85 bits per heavy atom. The van der Waals surface area contributed by atoms with Crippen LogP contribution in [-0.2, 0) is 28.9 Å². The van der Waals surface area contributed by atoms with Crippen molar-refractivity contribution in [3.63, 3.8) is 0 Å². The zero-order chi connectivity index (χ0) is 18.1. The number of rotatable bonds is 5. The van der Waals surface area contributed by atoms with Gasteiger partial charge in [0, 0.05) is 10.9 Å². The SMILES string of the molecule is NC(=O)C(NC(=O)Cc1coc2cc3c(cc12)CCC3)c1ccccc1. The second kappa shape index (κ2) is 6.67. The summed E-state index contributed by atoms with van der Waals surface area (Å²) in [4.78, 5) is 24.3. The number of carbonyl (C=O) groups excluding carboxylic acids is 2. The lowest BCUT2D eigenvalue weighted by Crippen LogP contribution is -2.38. The lowest BCUT2D eigenvalue weighted by Gasteiger charge is -2.15. The average Bonchev–Trinajstić information content (AvgIpc) is 3.25. The molecule has 5 nitrogen and oxygen atoms in total. The van der Waals surface area contributed by atoms with Crippen LogP contribution in [0, 0.1) is 0 Å². The third-order valence-electron chi connectivity index (χ3n) is 4.94. The van der Waals surface area contributed by atoms with E-state index in [-0.39, 0.29) is 12.3 Å². The molecule has 5 heteroatoms. The lowest BCUT2D eigenvalue weighted by atomic mass is 10.0. The van der Waals surface area contributed by atoms with Gasteiger partial charge in [-0.25, -0.2) is 0 Å². The first-order valence-corrected chi connectivity index (χ1v) is 8.77. The molecule has 0 radical (unpaired) electrons. The number of furan rings is 1. The number of nitrogens with two attached hydrogens (primary N) is 1. The normalized spacial score (nSPS) is 14.2. The Bertz CT molecular complexity index is 976. The van der Waals surface area contributed by atoms with Crippen molar-refractivity contribution in [2.45, 2.75) is 31.7 Å². The van der Waals surface area contributed by atoms with Crippen LogP contribution >= 0.6 is 0 Å². The summed E-state index contributed by atoms with van der Waals surface area (Å²) in [5.41, 5.74) is 10.4. The summed E-state index contributed by atoms with van der Waals surface area (Å²) >= 11 is 0. The standard InChI is InChI=1S/C21H20N2O3/c22-21(25)20(13-5-2-1-3-6-13)23-19(24)11-16-12-26-18-10-15-8-4-7-14(15)9-17(16)18/h1-3,5-6,9-10,12,20H,4,7-8,11H2,(H2,22,25)(H,23,24). The van der Waals surface area contributed by atoms with Gasteiger partial charge in [0.05, 0.1) is 12.7 Å². The molecule has 1 aromatic heterocycles. The van der Waals surface area contributed by atoms with Gasteiger partial charge in [-0.2, -0.15) is 0 Å². The molecule has 3 N–H and O–H groups in total. The van der Waals surface area contributed by atoms with E-state index in [0.29, 0.717) is 5.56 Å². The summed E-state index contributed by atoms with van der Waals surface area (Å²) in [6.07, 6.45) is 5.08. The van der Waals surface area contributed by atoms with E-state index in [9.17, 15) is 9.59 Å². The Morgan fingerprint density at radius 3 is 2.58 bits per heavy atom. The van der Waals surface area contributed by atoms with E-state index in [1.165, 1.54) is 11.1 Å². The topological polar surface area (TPSA) is 85.3 Å². The van der Waals surface area contributed by atoms with Crippen molar-refractivity contribution >= 4 is 22.8 Å². The first-order valence-electron chi connectivity index (χ1n) is 8.77. The number of fused-ring (bicyclic) bond motifs is 2. The maximum absolute atomic E-state index is 12.5. The van der Waals surface area contributed by atoms with Gasteiger partial charge in [0.2, 0.25) is 11.8 Å². The number of amides is 2. The van der Waals surface area contributed by atoms with E-state index < -0.39 is 11.9 Å². The smallest absolute Gasteiger partial charge is 0.244 e. The van der Waals surface area contributed by atoms with Crippen molar-refractivity contribution in [3.05, 3.63) is 71.0 Å². The van der Waals surface area contributed by atoms with E-state index in [2.05, 4.69) is 17.4 Å². The number of carbonyl (C=O) groups is 2. The van der Waals surface area contributed by atoms with E-state index in [0.717, 1.165) is 35.8 Å². The minimum absolute atomic E-state index is 0.141. The second-order valence-corrected chi connectivity index (χ2v) is 6.72. The summed E-state index contributed by atoms with van der Waals surface area (Å²) in [6, 6.07) is 12.4. The van der Waals surface area contributed by atoms with Crippen molar-refractivity contribution in [1.82, 2.24) is 5.32 Å². The molecule has 2 amide bonds.